The average molecular weight is 349 g/mol. The smallest absolute Gasteiger partial charge is 0.180 e. The van der Waals surface area contributed by atoms with Gasteiger partial charge < -0.3 is 19.7 Å². The normalized spacial score (nSPS) is 10.2. The molecule has 0 radical (unpaired) electrons. The van der Waals surface area contributed by atoms with Gasteiger partial charge in [-0.05, 0) is 38.7 Å². The number of likely N-dealkylation sites (N-methyl/N-ethyl adjacent to an activating group) is 1. The third kappa shape index (κ3) is 7.36. The van der Waals surface area contributed by atoms with Crippen molar-refractivity contribution in [2.45, 2.75) is 13.5 Å². The SMILES string of the molecule is C=CCOc1c(Cl)cc(CNCCN(C)C)cc1OCC.Cl. The van der Waals surface area contributed by atoms with Crippen LogP contribution in [0.5, 0.6) is 11.5 Å². The molecule has 0 saturated heterocycles. The summed E-state index contributed by atoms with van der Waals surface area (Å²) < 4.78 is 11.2. The number of nitrogens with zero attached hydrogens (tertiary/aromatic N) is 1. The van der Waals surface area contributed by atoms with Gasteiger partial charge in [-0.3, -0.25) is 0 Å². The van der Waals surface area contributed by atoms with Gasteiger partial charge in [-0.15, -0.1) is 12.4 Å². The Kier molecular flexibility index (Phi) is 11.1. The third-order valence-corrected chi connectivity index (χ3v) is 3.06. The topological polar surface area (TPSA) is 33.7 Å². The van der Waals surface area contributed by atoms with Gasteiger partial charge in [0.05, 0.1) is 11.6 Å². The van der Waals surface area contributed by atoms with Crippen molar-refractivity contribution in [2.24, 2.45) is 0 Å². The van der Waals surface area contributed by atoms with Gasteiger partial charge in [-0.1, -0.05) is 24.3 Å². The van der Waals surface area contributed by atoms with Gasteiger partial charge in [0, 0.05) is 19.6 Å². The molecule has 0 aliphatic heterocycles. The number of halogens is 2. The fourth-order valence-corrected chi connectivity index (χ4v) is 2.09. The molecule has 0 unspecified atom stereocenters. The van der Waals surface area contributed by atoms with E-state index in [1.54, 1.807) is 6.08 Å². The zero-order valence-corrected chi connectivity index (χ0v) is 15.1. The van der Waals surface area contributed by atoms with Crippen molar-refractivity contribution in [1.29, 1.82) is 0 Å². The fourth-order valence-electron chi connectivity index (χ4n) is 1.80. The Labute approximate surface area is 144 Å². The third-order valence-electron chi connectivity index (χ3n) is 2.78. The van der Waals surface area contributed by atoms with Crippen LogP contribution in [-0.4, -0.2) is 45.3 Å². The van der Waals surface area contributed by atoms with E-state index in [9.17, 15) is 0 Å². The Bertz CT molecular complexity index is 454. The molecule has 6 heteroatoms. The standard InChI is InChI=1S/C16H25ClN2O2.ClH/c1-5-9-21-16-14(17)10-13(11-15(16)20-6-2)12-18-7-8-19(3)4;/h5,10-11,18H,1,6-9,12H2,2-4H3;1H. The molecule has 0 saturated carbocycles. The van der Waals surface area contributed by atoms with Gasteiger partial charge in [0.2, 0.25) is 0 Å². The van der Waals surface area contributed by atoms with E-state index in [1.165, 1.54) is 0 Å². The largest absolute Gasteiger partial charge is 0.490 e. The molecule has 0 aliphatic carbocycles. The molecule has 0 bridgehead atoms. The minimum atomic E-state index is 0. The van der Waals surface area contributed by atoms with E-state index < -0.39 is 0 Å². The summed E-state index contributed by atoms with van der Waals surface area (Å²) in [6.07, 6.45) is 1.68. The van der Waals surface area contributed by atoms with E-state index in [0.29, 0.717) is 29.7 Å². The van der Waals surface area contributed by atoms with E-state index in [2.05, 4.69) is 30.9 Å². The van der Waals surface area contributed by atoms with Crippen LogP contribution in [0.15, 0.2) is 24.8 Å². The van der Waals surface area contributed by atoms with E-state index in [1.807, 2.05) is 19.1 Å². The first kappa shape index (κ1) is 21.1. The molecule has 0 fully saturated rings. The maximum absolute atomic E-state index is 6.29. The Morgan fingerprint density at radius 2 is 2.05 bits per heavy atom. The number of benzene rings is 1. The van der Waals surface area contributed by atoms with E-state index in [4.69, 9.17) is 21.1 Å². The quantitative estimate of drug-likeness (QED) is 0.519. The lowest BCUT2D eigenvalue weighted by molar-refractivity contribution is 0.296. The van der Waals surface area contributed by atoms with Crippen LogP contribution in [0.4, 0.5) is 0 Å². The minimum absolute atomic E-state index is 0. The monoisotopic (exact) mass is 348 g/mol. The number of rotatable bonds is 10. The highest BCUT2D eigenvalue weighted by atomic mass is 35.5. The Morgan fingerprint density at radius 3 is 2.64 bits per heavy atom. The first-order valence-electron chi connectivity index (χ1n) is 7.12. The second kappa shape index (κ2) is 11.6. The zero-order chi connectivity index (χ0) is 15.7. The summed E-state index contributed by atoms with van der Waals surface area (Å²) in [4.78, 5) is 2.14. The number of nitrogens with one attached hydrogen (secondary N) is 1. The molecular weight excluding hydrogens is 323 g/mol. The van der Waals surface area contributed by atoms with Crippen LogP contribution >= 0.6 is 24.0 Å². The predicted molar refractivity (Wildman–Crippen MR) is 95.8 cm³/mol. The zero-order valence-electron chi connectivity index (χ0n) is 13.5. The van der Waals surface area contributed by atoms with Crippen LogP contribution in [0.1, 0.15) is 12.5 Å². The van der Waals surface area contributed by atoms with Crippen molar-refractivity contribution in [1.82, 2.24) is 10.2 Å². The molecule has 22 heavy (non-hydrogen) atoms. The molecule has 4 nitrogen and oxygen atoms in total. The lowest BCUT2D eigenvalue weighted by Crippen LogP contribution is -2.26. The van der Waals surface area contributed by atoms with Gasteiger partial charge in [-0.25, -0.2) is 0 Å². The number of hydrogen-bond acceptors (Lipinski definition) is 4. The molecule has 0 atom stereocenters. The fraction of sp³-hybridized carbons (Fsp3) is 0.500. The summed E-state index contributed by atoms with van der Waals surface area (Å²) in [7, 11) is 4.11. The first-order valence-corrected chi connectivity index (χ1v) is 7.50. The summed E-state index contributed by atoms with van der Waals surface area (Å²) in [5.41, 5.74) is 1.08. The molecule has 0 spiro atoms. The van der Waals surface area contributed by atoms with E-state index in [-0.39, 0.29) is 12.4 Å². The highest BCUT2D eigenvalue weighted by Gasteiger charge is 2.12. The molecule has 0 heterocycles. The van der Waals surface area contributed by atoms with Crippen molar-refractivity contribution in [3.63, 3.8) is 0 Å². The van der Waals surface area contributed by atoms with Crippen molar-refractivity contribution < 1.29 is 9.47 Å². The van der Waals surface area contributed by atoms with Crippen molar-refractivity contribution in [2.75, 3.05) is 40.4 Å². The minimum Gasteiger partial charge on any atom is -0.490 e. The van der Waals surface area contributed by atoms with Gasteiger partial charge in [-0.2, -0.15) is 0 Å². The van der Waals surface area contributed by atoms with E-state index >= 15 is 0 Å². The highest BCUT2D eigenvalue weighted by molar-refractivity contribution is 6.32. The Hall–Kier alpha value is -0.940. The summed E-state index contributed by atoms with van der Waals surface area (Å²) in [6.45, 7) is 9.21. The second-order valence-electron chi connectivity index (χ2n) is 4.92. The van der Waals surface area contributed by atoms with Crippen molar-refractivity contribution in [3.8, 4) is 11.5 Å². The summed E-state index contributed by atoms with van der Waals surface area (Å²) in [5.74, 6) is 1.26. The molecule has 1 N–H and O–H groups in total. The van der Waals surface area contributed by atoms with Crippen LogP contribution in [0.25, 0.3) is 0 Å². The molecule has 0 amide bonds. The Morgan fingerprint density at radius 1 is 1.32 bits per heavy atom. The Balaban J connectivity index is 0.00000441. The lowest BCUT2D eigenvalue weighted by Gasteiger charge is -2.15. The summed E-state index contributed by atoms with van der Waals surface area (Å²) in [6, 6.07) is 3.88. The average Bonchev–Trinajstić information content (AvgIpc) is 2.43. The second-order valence-corrected chi connectivity index (χ2v) is 5.32. The molecule has 126 valence electrons. The number of hydrogen-bond donors (Lipinski definition) is 1. The van der Waals surface area contributed by atoms with Crippen LogP contribution in [0.3, 0.4) is 0 Å². The van der Waals surface area contributed by atoms with Crippen molar-refractivity contribution in [3.05, 3.63) is 35.4 Å². The molecule has 1 aromatic carbocycles. The lowest BCUT2D eigenvalue weighted by atomic mass is 10.2. The predicted octanol–water partition coefficient (Wildman–Crippen LogP) is 3.38. The van der Waals surface area contributed by atoms with Crippen molar-refractivity contribution >= 4 is 24.0 Å². The maximum Gasteiger partial charge on any atom is 0.180 e. The summed E-state index contributed by atoms with van der Waals surface area (Å²) >= 11 is 6.29. The number of ether oxygens (including phenoxy) is 2. The van der Waals surface area contributed by atoms with Crippen LogP contribution in [0, 0.1) is 0 Å². The van der Waals surface area contributed by atoms with Crippen LogP contribution in [0.2, 0.25) is 5.02 Å². The van der Waals surface area contributed by atoms with Gasteiger partial charge in [0.25, 0.3) is 0 Å². The summed E-state index contributed by atoms with van der Waals surface area (Å²) in [5, 5.41) is 3.94. The van der Waals surface area contributed by atoms with E-state index in [0.717, 1.165) is 25.2 Å². The molecule has 1 rings (SSSR count). The van der Waals surface area contributed by atoms with Gasteiger partial charge in [0.15, 0.2) is 11.5 Å². The molecule has 1 aromatic rings. The molecular formula is C16H26Cl2N2O2. The first-order chi connectivity index (χ1) is 10.1. The van der Waals surface area contributed by atoms with Crippen LogP contribution in [-0.2, 0) is 6.54 Å². The van der Waals surface area contributed by atoms with Gasteiger partial charge in [0.1, 0.15) is 6.61 Å². The highest BCUT2D eigenvalue weighted by Crippen LogP contribution is 2.36. The molecule has 0 aliphatic rings. The molecule has 0 aromatic heterocycles. The maximum atomic E-state index is 6.29. The van der Waals surface area contributed by atoms with Gasteiger partial charge >= 0.3 is 0 Å². The van der Waals surface area contributed by atoms with Crippen LogP contribution < -0.4 is 14.8 Å².